The number of aromatic nitrogens is 3. The molecule has 2 heterocycles. The molecule has 0 fully saturated rings. The minimum atomic E-state index is -0.285. The Hall–Kier alpha value is -3.28. The van der Waals surface area contributed by atoms with Crippen LogP contribution in [0.5, 0.6) is 0 Å². The summed E-state index contributed by atoms with van der Waals surface area (Å²) >= 11 is 0. The van der Waals surface area contributed by atoms with Gasteiger partial charge in [0.25, 0.3) is 5.91 Å². The molecule has 1 amide bonds. The molecular weight excluding hydrogens is 290 g/mol. The number of hydrogen-bond donors (Lipinski definition) is 1. The average molecular weight is 305 g/mol. The van der Waals surface area contributed by atoms with Gasteiger partial charge in [0.1, 0.15) is 0 Å². The number of rotatable bonds is 4. The van der Waals surface area contributed by atoms with Crippen LogP contribution in [-0.4, -0.2) is 26.2 Å². The van der Waals surface area contributed by atoms with Gasteiger partial charge in [-0.2, -0.15) is 5.10 Å². The molecule has 0 unspecified atom stereocenters. The summed E-state index contributed by atoms with van der Waals surface area (Å²) in [5.41, 5.74) is 5.67. The Bertz CT molecular complexity index is 808. The van der Waals surface area contributed by atoms with Gasteiger partial charge in [0.05, 0.1) is 17.6 Å². The van der Waals surface area contributed by atoms with E-state index in [4.69, 9.17) is 0 Å². The highest BCUT2D eigenvalue weighted by atomic mass is 16.2. The van der Waals surface area contributed by atoms with Gasteiger partial charge < -0.3 is 4.57 Å². The third-order valence-corrected chi connectivity index (χ3v) is 3.34. The van der Waals surface area contributed by atoms with Crippen LogP contribution >= 0.6 is 0 Å². The van der Waals surface area contributed by atoms with E-state index in [1.807, 2.05) is 42.0 Å². The second kappa shape index (κ2) is 6.65. The number of amides is 1. The molecule has 0 aliphatic carbocycles. The van der Waals surface area contributed by atoms with Gasteiger partial charge in [0.15, 0.2) is 0 Å². The largest absolute Gasteiger partial charge is 0.306 e. The molecule has 1 N–H and O–H groups in total. The molecule has 6 heteroatoms. The van der Waals surface area contributed by atoms with Crippen LogP contribution in [0.25, 0.3) is 5.69 Å². The zero-order valence-electron chi connectivity index (χ0n) is 12.5. The summed E-state index contributed by atoms with van der Waals surface area (Å²) in [6.07, 6.45) is 8.47. The van der Waals surface area contributed by atoms with Crippen molar-refractivity contribution in [2.45, 2.75) is 6.92 Å². The highest BCUT2D eigenvalue weighted by Gasteiger charge is 2.04. The number of hydrogen-bond acceptors (Lipinski definition) is 4. The van der Waals surface area contributed by atoms with Gasteiger partial charge >= 0.3 is 0 Å². The number of pyridine rings is 1. The van der Waals surface area contributed by atoms with Crippen molar-refractivity contribution in [3.8, 4) is 5.69 Å². The third kappa shape index (κ3) is 3.49. The molecule has 6 nitrogen and oxygen atoms in total. The van der Waals surface area contributed by atoms with Crippen molar-refractivity contribution in [3.05, 3.63) is 78.6 Å². The standard InChI is InChI=1S/C17H15N5O/c1-13(20-21-17(23)15-3-2-8-18-11-15)14-4-6-16(7-5-14)22-10-9-19-12-22/h2-12H,1H3,(H,21,23)/b20-13-. The number of imidazole rings is 1. The Morgan fingerprint density at radius 2 is 1.91 bits per heavy atom. The van der Waals surface area contributed by atoms with Gasteiger partial charge in [-0.15, -0.1) is 0 Å². The van der Waals surface area contributed by atoms with E-state index in [-0.39, 0.29) is 5.91 Å². The molecule has 3 rings (SSSR count). The first-order valence-electron chi connectivity index (χ1n) is 7.07. The molecular formula is C17H15N5O. The molecule has 0 bridgehead atoms. The van der Waals surface area contributed by atoms with Gasteiger partial charge in [-0.05, 0) is 36.8 Å². The normalized spacial score (nSPS) is 11.3. The van der Waals surface area contributed by atoms with E-state index < -0.39 is 0 Å². The molecule has 1 aromatic carbocycles. The lowest BCUT2D eigenvalue weighted by atomic mass is 10.1. The van der Waals surface area contributed by atoms with E-state index >= 15 is 0 Å². The molecule has 2 aromatic heterocycles. The third-order valence-electron chi connectivity index (χ3n) is 3.34. The van der Waals surface area contributed by atoms with Gasteiger partial charge in [-0.1, -0.05) is 12.1 Å². The lowest BCUT2D eigenvalue weighted by Gasteiger charge is -2.05. The van der Waals surface area contributed by atoms with Crippen LogP contribution in [-0.2, 0) is 0 Å². The predicted octanol–water partition coefficient (Wildman–Crippen LogP) is 2.42. The number of carbonyl (C=O) groups excluding carboxylic acids is 1. The van der Waals surface area contributed by atoms with E-state index in [1.165, 1.54) is 6.20 Å². The van der Waals surface area contributed by atoms with E-state index in [9.17, 15) is 4.79 Å². The number of nitrogens with one attached hydrogen (secondary N) is 1. The molecule has 0 atom stereocenters. The molecule has 3 aromatic rings. The maximum absolute atomic E-state index is 11.9. The summed E-state index contributed by atoms with van der Waals surface area (Å²) in [6, 6.07) is 11.2. The molecule has 0 aliphatic heterocycles. The fourth-order valence-electron chi connectivity index (χ4n) is 2.05. The fraction of sp³-hybridized carbons (Fsp3) is 0.0588. The number of nitrogens with zero attached hydrogens (tertiary/aromatic N) is 4. The summed E-state index contributed by atoms with van der Waals surface area (Å²) in [5.74, 6) is -0.285. The van der Waals surface area contributed by atoms with Crippen LogP contribution in [0.4, 0.5) is 0 Å². The Balaban J connectivity index is 1.70. The zero-order valence-corrected chi connectivity index (χ0v) is 12.5. The first-order valence-corrected chi connectivity index (χ1v) is 7.07. The topological polar surface area (TPSA) is 72.2 Å². The van der Waals surface area contributed by atoms with Crippen molar-refractivity contribution >= 4 is 11.6 Å². The maximum atomic E-state index is 11.9. The summed E-state index contributed by atoms with van der Waals surface area (Å²) in [7, 11) is 0. The first kappa shape index (κ1) is 14.6. The van der Waals surface area contributed by atoms with Crippen LogP contribution < -0.4 is 5.43 Å². The van der Waals surface area contributed by atoms with E-state index in [0.29, 0.717) is 5.56 Å². The van der Waals surface area contributed by atoms with Crippen LogP contribution in [0, 0.1) is 0 Å². The summed E-state index contributed by atoms with van der Waals surface area (Å²) in [4.78, 5) is 19.9. The van der Waals surface area contributed by atoms with E-state index in [0.717, 1.165) is 17.0 Å². The quantitative estimate of drug-likeness (QED) is 0.594. The summed E-state index contributed by atoms with van der Waals surface area (Å²) < 4.78 is 1.92. The highest BCUT2D eigenvalue weighted by molar-refractivity contribution is 6.00. The molecule has 23 heavy (non-hydrogen) atoms. The monoisotopic (exact) mass is 305 g/mol. The van der Waals surface area contributed by atoms with Crippen molar-refractivity contribution in [3.63, 3.8) is 0 Å². The fourth-order valence-corrected chi connectivity index (χ4v) is 2.05. The minimum Gasteiger partial charge on any atom is -0.306 e. The Morgan fingerprint density at radius 3 is 2.57 bits per heavy atom. The van der Waals surface area contributed by atoms with Crippen molar-refractivity contribution in [1.82, 2.24) is 20.0 Å². The Labute approximate surface area is 133 Å². The zero-order chi connectivity index (χ0) is 16.1. The molecule has 0 spiro atoms. The molecule has 114 valence electrons. The van der Waals surface area contributed by atoms with Crippen LogP contribution in [0.3, 0.4) is 0 Å². The second-order valence-corrected chi connectivity index (χ2v) is 4.90. The number of benzene rings is 1. The van der Waals surface area contributed by atoms with Crippen molar-refractivity contribution in [2.24, 2.45) is 5.10 Å². The highest BCUT2D eigenvalue weighted by Crippen LogP contribution is 2.10. The van der Waals surface area contributed by atoms with E-state index in [1.54, 1.807) is 30.9 Å². The van der Waals surface area contributed by atoms with Crippen molar-refractivity contribution in [1.29, 1.82) is 0 Å². The van der Waals surface area contributed by atoms with Crippen LogP contribution in [0.1, 0.15) is 22.8 Å². The van der Waals surface area contributed by atoms with Crippen LogP contribution in [0.2, 0.25) is 0 Å². The smallest absolute Gasteiger partial charge is 0.272 e. The Morgan fingerprint density at radius 1 is 1.09 bits per heavy atom. The number of carbonyl (C=O) groups is 1. The molecule has 0 aliphatic rings. The number of hydrazone groups is 1. The van der Waals surface area contributed by atoms with Crippen molar-refractivity contribution in [2.75, 3.05) is 0 Å². The summed E-state index contributed by atoms with van der Waals surface area (Å²) in [6.45, 7) is 1.84. The van der Waals surface area contributed by atoms with Gasteiger partial charge in [-0.25, -0.2) is 10.4 Å². The minimum absolute atomic E-state index is 0.285. The van der Waals surface area contributed by atoms with Gasteiger partial charge in [-0.3, -0.25) is 9.78 Å². The first-order chi connectivity index (χ1) is 11.2. The second-order valence-electron chi connectivity index (χ2n) is 4.90. The lowest BCUT2D eigenvalue weighted by molar-refractivity contribution is 0.0954. The average Bonchev–Trinajstić information content (AvgIpc) is 3.15. The summed E-state index contributed by atoms with van der Waals surface area (Å²) in [5, 5.41) is 4.13. The SMILES string of the molecule is C/C(=N/NC(=O)c1cccnc1)c1ccc(-n2ccnc2)cc1. The van der Waals surface area contributed by atoms with E-state index in [2.05, 4.69) is 20.5 Å². The molecule has 0 saturated carbocycles. The Kier molecular flexibility index (Phi) is 4.24. The van der Waals surface area contributed by atoms with Gasteiger partial charge in [0.2, 0.25) is 0 Å². The molecule has 0 saturated heterocycles. The predicted molar refractivity (Wildman–Crippen MR) is 87.5 cm³/mol. The maximum Gasteiger partial charge on any atom is 0.272 e. The van der Waals surface area contributed by atoms with Crippen molar-refractivity contribution < 1.29 is 4.79 Å². The lowest BCUT2D eigenvalue weighted by Crippen LogP contribution is -2.19. The van der Waals surface area contributed by atoms with Crippen LogP contribution in [0.15, 0.2) is 72.6 Å². The van der Waals surface area contributed by atoms with Gasteiger partial charge in [0, 0.05) is 30.5 Å². The molecule has 0 radical (unpaired) electrons.